The van der Waals surface area contributed by atoms with Crippen LogP contribution in [0.5, 0.6) is 0 Å². The molecule has 0 saturated carbocycles. The Kier molecular flexibility index (Phi) is 7.35. The monoisotopic (exact) mass is 186 g/mol. The van der Waals surface area contributed by atoms with E-state index in [9.17, 15) is 0 Å². The standard InChI is InChI=1S/C12H28N/c1-5-6-7-8-9-10-11-12-13(2,3)4/h5-12H2,1-4H3/q+1. The predicted octanol–water partition coefficient (Wildman–Crippen LogP) is 3.44. The molecule has 0 saturated heterocycles. The quantitative estimate of drug-likeness (QED) is 0.402. The SMILES string of the molecule is CCCCCCCCC[N+](C)(C)C. The average molecular weight is 186 g/mol. The van der Waals surface area contributed by atoms with E-state index in [4.69, 9.17) is 0 Å². The fourth-order valence-corrected chi connectivity index (χ4v) is 1.54. The lowest BCUT2D eigenvalue weighted by Gasteiger charge is -2.23. The van der Waals surface area contributed by atoms with Gasteiger partial charge in [0.15, 0.2) is 0 Å². The molecular formula is C12H28N+. The lowest BCUT2D eigenvalue weighted by molar-refractivity contribution is -0.870. The van der Waals surface area contributed by atoms with Crippen molar-refractivity contribution in [2.75, 3.05) is 27.7 Å². The maximum Gasteiger partial charge on any atom is 0.0780 e. The van der Waals surface area contributed by atoms with Gasteiger partial charge in [-0.3, -0.25) is 0 Å². The third-order valence-corrected chi connectivity index (χ3v) is 2.43. The van der Waals surface area contributed by atoms with E-state index in [2.05, 4.69) is 28.1 Å². The van der Waals surface area contributed by atoms with Crippen LogP contribution in [0.15, 0.2) is 0 Å². The summed E-state index contributed by atoms with van der Waals surface area (Å²) in [7, 11) is 6.82. The molecule has 0 aromatic rings. The van der Waals surface area contributed by atoms with Crippen LogP contribution in [0.25, 0.3) is 0 Å². The first-order valence-corrected chi connectivity index (χ1v) is 5.86. The first-order valence-electron chi connectivity index (χ1n) is 5.86. The van der Waals surface area contributed by atoms with Gasteiger partial charge in [-0.25, -0.2) is 0 Å². The Balaban J connectivity index is 3.00. The predicted molar refractivity (Wildman–Crippen MR) is 60.9 cm³/mol. The summed E-state index contributed by atoms with van der Waals surface area (Å²) in [6, 6.07) is 0. The molecular weight excluding hydrogens is 158 g/mol. The minimum absolute atomic E-state index is 1.12. The highest BCUT2D eigenvalue weighted by Gasteiger charge is 2.04. The van der Waals surface area contributed by atoms with Crippen molar-refractivity contribution < 1.29 is 4.48 Å². The van der Waals surface area contributed by atoms with Gasteiger partial charge < -0.3 is 4.48 Å². The van der Waals surface area contributed by atoms with Gasteiger partial charge in [0.2, 0.25) is 0 Å². The second kappa shape index (κ2) is 7.37. The van der Waals surface area contributed by atoms with Crippen molar-refractivity contribution in [2.24, 2.45) is 0 Å². The summed E-state index contributed by atoms with van der Waals surface area (Å²) in [5, 5.41) is 0. The fourth-order valence-electron chi connectivity index (χ4n) is 1.54. The molecule has 0 spiro atoms. The zero-order valence-electron chi connectivity index (χ0n) is 10.1. The summed E-state index contributed by atoms with van der Waals surface area (Å²) < 4.78 is 1.12. The summed E-state index contributed by atoms with van der Waals surface area (Å²) in [6.07, 6.45) is 9.95. The smallest absolute Gasteiger partial charge is 0.0780 e. The first-order chi connectivity index (χ1) is 6.06. The second-order valence-corrected chi connectivity index (χ2v) is 5.14. The molecule has 0 bridgehead atoms. The van der Waals surface area contributed by atoms with Gasteiger partial charge in [-0.1, -0.05) is 39.0 Å². The van der Waals surface area contributed by atoms with E-state index in [0.717, 1.165) is 4.48 Å². The van der Waals surface area contributed by atoms with Crippen molar-refractivity contribution in [1.29, 1.82) is 0 Å². The molecule has 0 fully saturated rings. The number of rotatable bonds is 8. The highest BCUT2D eigenvalue weighted by molar-refractivity contribution is 4.44. The van der Waals surface area contributed by atoms with Crippen LogP contribution in [0, 0.1) is 0 Å². The van der Waals surface area contributed by atoms with Crippen LogP contribution in [0.4, 0.5) is 0 Å². The minimum Gasteiger partial charge on any atom is -0.331 e. The molecule has 13 heavy (non-hydrogen) atoms. The van der Waals surface area contributed by atoms with Crippen LogP contribution >= 0.6 is 0 Å². The van der Waals surface area contributed by atoms with E-state index < -0.39 is 0 Å². The third kappa shape index (κ3) is 12.0. The Bertz CT molecular complexity index is 102. The lowest BCUT2D eigenvalue weighted by Crippen LogP contribution is -2.35. The molecule has 0 N–H and O–H groups in total. The number of hydrogen-bond acceptors (Lipinski definition) is 0. The van der Waals surface area contributed by atoms with E-state index in [0.29, 0.717) is 0 Å². The zero-order chi connectivity index (χ0) is 10.2. The molecule has 0 aromatic heterocycles. The highest BCUT2D eigenvalue weighted by Crippen LogP contribution is 2.07. The van der Waals surface area contributed by atoms with Crippen molar-refractivity contribution in [2.45, 2.75) is 51.9 Å². The van der Waals surface area contributed by atoms with Crippen molar-refractivity contribution in [1.82, 2.24) is 0 Å². The topological polar surface area (TPSA) is 0 Å². The van der Waals surface area contributed by atoms with E-state index in [1.807, 2.05) is 0 Å². The Morgan fingerprint density at radius 2 is 1.15 bits per heavy atom. The van der Waals surface area contributed by atoms with E-state index in [1.165, 1.54) is 51.5 Å². The van der Waals surface area contributed by atoms with Crippen molar-refractivity contribution >= 4 is 0 Å². The maximum atomic E-state index is 2.27. The Labute approximate surface area is 84.7 Å². The molecule has 0 rings (SSSR count). The van der Waals surface area contributed by atoms with Gasteiger partial charge in [0.25, 0.3) is 0 Å². The van der Waals surface area contributed by atoms with Crippen molar-refractivity contribution in [3.63, 3.8) is 0 Å². The minimum atomic E-state index is 1.12. The molecule has 0 amide bonds. The van der Waals surface area contributed by atoms with Crippen LogP contribution in [-0.4, -0.2) is 32.2 Å². The zero-order valence-corrected chi connectivity index (χ0v) is 10.1. The highest BCUT2D eigenvalue weighted by atomic mass is 15.3. The van der Waals surface area contributed by atoms with Gasteiger partial charge in [-0.05, 0) is 12.8 Å². The van der Waals surface area contributed by atoms with Gasteiger partial charge in [0.1, 0.15) is 0 Å². The maximum absolute atomic E-state index is 2.27. The summed E-state index contributed by atoms with van der Waals surface area (Å²) in [5.41, 5.74) is 0. The van der Waals surface area contributed by atoms with Crippen molar-refractivity contribution in [3.8, 4) is 0 Å². The largest absolute Gasteiger partial charge is 0.331 e. The van der Waals surface area contributed by atoms with Gasteiger partial charge in [-0.2, -0.15) is 0 Å². The molecule has 1 heteroatoms. The van der Waals surface area contributed by atoms with Crippen molar-refractivity contribution in [3.05, 3.63) is 0 Å². The lowest BCUT2D eigenvalue weighted by atomic mass is 10.1. The molecule has 0 unspecified atom stereocenters. The molecule has 0 heterocycles. The summed E-state index contributed by atoms with van der Waals surface area (Å²) >= 11 is 0. The fraction of sp³-hybridized carbons (Fsp3) is 1.00. The van der Waals surface area contributed by atoms with Crippen LogP contribution in [0.1, 0.15) is 51.9 Å². The number of quaternary nitrogens is 1. The molecule has 0 aliphatic heterocycles. The van der Waals surface area contributed by atoms with Gasteiger partial charge in [0.05, 0.1) is 27.7 Å². The summed E-state index contributed by atoms with van der Waals surface area (Å²) in [6.45, 7) is 3.60. The number of hydrogen-bond donors (Lipinski definition) is 0. The van der Waals surface area contributed by atoms with Gasteiger partial charge in [-0.15, -0.1) is 0 Å². The van der Waals surface area contributed by atoms with Crippen LogP contribution in [-0.2, 0) is 0 Å². The Morgan fingerprint density at radius 3 is 1.62 bits per heavy atom. The van der Waals surface area contributed by atoms with Crippen LogP contribution in [0.3, 0.4) is 0 Å². The molecule has 1 nitrogen and oxygen atoms in total. The van der Waals surface area contributed by atoms with Gasteiger partial charge >= 0.3 is 0 Å². The molecule has 0 aromatic carbocycles. The van der Waals surface area contributed by atoms with Crippen LogP contribution < -0.4 is 0 Å². The summed E-state index contributed by atoms with van der Waals surface area (Å²) in [5.74, 6) is 0. The van der Waals surface area contributed by atoms with Gasteiger partial charge in [0, 0.05) is 0 Å². The second-order valence-electron chi connectivity index (χ2n) is 5.14. The normalized spacial score (nSPS) is 12.0. The van der Waals surface area contributed by atoms with Crippen LogP contribution in [0.2, 0.25) is 0 Å². The Morgan fingerprint density at radius 1 is 0.692 bits per heavy atom. The van der Waals surface area contributed by atoms with E-state index in [1.54, 1.807) is 0 Å². The third-order valence-electron chi connectivity index (χ3n) is 2.43. The average Bonchev–Trinajstić information content (AvgIpc) is 2.01. The van der Waals surface area contributed by atoms with E-state index in [-0.39, 0.29) is 0 Å². The molecule has 0 atom stereocenters. The molecule has 80 valence electrons. The first kappa shape index (κ1) is 13.0. The summed E-state index contributed by atoms with van der Waals surface area (Å²) in [4.78, 5) is 0. The molecule has 0 aliphatic rings. The Hall–Kier alpha value is -0.0400. The number of nitrogens with zero attached hydrogens (tertiary/aromatic N) is 1. The molecule has 0 aliphatic carbocycles. The molecule has 0 radical (unpaired) electrons. The number of unbranched alkanes of at least 4 members (excludes halogenated alkanes) is 6. The van der Waals surface area contributed by atoms with E-state index >= 15 is 0 Å².